The summed E-state index contributed by atoms with van der Waals surface area (Å²) in [6.07, 6.45) is -3.09. The fourth-order valence-electron chi connectivity index (χ4n) is 0.909. The Hall–Kier alpha value is -1.52. The van der Waals surface area contributed by atoms with E-state index in [0.29, 0.717) is 12.3 Å². The van der Waals surface area contributed by atoms with E-state index in [1.165, 1.54) is 18.5 Å². The fraction of sp³-hybridized carbons (Fsp3) is 0.300. The van der Waals surface area contributed by atoms with E-state index in [4.69, 9.17) is 4.74 Å². The molecule has 0 heterocycles. The number of nitrogens with zero attached hydrogens (tertiary/aromatic N) is 1. The summed E-state index contributed by atoms with van der Waals surface area (Å²) in [5.41, 5.74) is -0.255. The molecule has 82 valence electrons. The van der Waals surface area contributed by atoms with Crippen LogP contribution in [0.15, 0.2) is 29.3 Å². The van der Waals surface area contributed by atoms with Gasteiger partial charge in [-0.25, -0.2) is 4.99 Å². The molecular formula is C10H10F3NO. The minimum Gasteiger partial charge on any atom is -0.483 e. The third-order valence-corrected chi connectivity index (χ3v) is 1.64. The first-order chi connectivity index (χ1) is 7.04. The molecule has 0 N–H and O–H groups in total. The van der Waals surface area contributed by atoms with Gasteiger partial charge in [0.05, 0.1) is 17.9 Å². The highest BCUT2D eigenvalue weighted by atomic mass is 19.4. The molecule has 2 nitrogen and oxygen atoms in total. The van der Waals surface area contributed by atoms with Crippen LogP contribution in [0.2, 0.25) is 0 Å². The Labute approximate surface area is 85.4 Å². The second-order valence-corrected chi connectivity index (χ2v) is 2.73. The molecule has 1 aromatic rings. The Morgan fingerprint density at radius 1 is 1.27 bits per heavy atom. The normalized spacial score (nSPS) is 12.0. The van der Waals surface area contributed by atoms with E-state index in [1.54, 1.807) is 6.92 Å². The van der Waals surface area contributed by atoms with E-state index < -0.39 is 11.7 Å². The average Bonchev–Trinajstić information content (AvgIpc) is 2.18. The van der Waals surface area contributed by atoms with Gasteiger partial charge < -0.3 is 4.74 Å². The van der Waals surface area contributed by atoms with Crippen molar-refractivity contribution in [2.45, 2.75) is 13.1 Å². The van der Waals surface area contributed by atoms with Crippen molar-refractivity contribution >= 4 is 12.1 Å². The zero-order valence-electron chi connectivity index (χ0n) is 8.08. The van der Waals surface area contributed by atoms with E-state index in [2.05, 4.69) is 4.99 Å². The van der Waals surface area contributed by atoms with Gasteiger partial charge in [-0.05, 0) is 31.2 Å². The van der Waals surface area contributed by atoms with Crippen LogP contribution in [-0.4, -0.2) is 13.0 Å². The predicted octanol–water partition coefficient (Wildman–Crippen LogP) is 3.40. The molecule has 0 radical (unpaired) electrons. The first-order valence-corrected chi connectivity index (χ1v) is 4.35. The molecule has 1 rings (SSSR count). The van der Waals surface area contributed by atoms with Crippen LogP contribution in [-0.2, 0) is 10.9 Å². The maximum atomic E-state index is 12.2. The molecule has 0 atom stereocenters. The maximum Gasteiger partial charge on any atom is 0.416 e. The molecule has 0 aliphatic rings. The summed E-state index contributed by atoms with van der Waals surface area (Å²) in [6, 6.07) is 4.55. The van der Waals surface area contributed by atoms with Crippen LogP contribution >= 0.6 is 0 Å². The first kappa shape index (κ1) is 11.6. The predicted molar refractivity (Wildman–Crippen MR) is 51.2 cm³/mol. The van der Waals surface area contributed by atoms with E-state index in [9.17, 15) is 13.2 Å². The lowest BCUT2D eigenvalue weighted by atomic mass is 10.2. The molecule has 0 aliphatic carbocycles. The van der Waals surface area contributed by atoms with Gasteiger partial charge >= 0.3 is 6.18 Å². The Morgan fingerprint density at radius 3 is 2.33 bits per heavy atom. The number of rotatable bonds is 3. The number of benzene rings is 1. The second-order valence-electron chi connectivity index (χ2n) is 2.73. The van der Waals surface area contributed by atoms with Gasteiger partial charge in [-0.15, -0.1) is 0 Å². The maximum absolute atomic E-state index is 12.2. The number of ether oxygens (including phenoxy) is 1. The number of hydrogen-bond acceptors (Lipinski definition) is 2. The zero-order valence-corrected chi connectivity index (χ0v) is 8.08. The Balaban J connectivity index is 2.73. The highest BCUT2D eigenvalue weighted by Crippen LogP contribution is 2.30. The van der Waals surface area contributed by atoms with Crippen molar-refractivity contribution in [1.29, 1.82) is 0 Å². The van der Waals surface area contributed by atoms with Crippen LogP contribution in [0, 0.1) is 0 Å². The summed E-state index contributed by atoms with van der Waals surface area (Å²) >= 11 is 0. The van der Waals surface area contributed by atoms with Gasteiger partial charge in [-0.3, -0.25) is 0 Å². The molecular weight excluding hydrogens is 207 g/mol. The number of aliphatic imine (C=N–C) groups is 1. The smallest absolute Gasteiger partial charge is 0.416 e. The number of halogens is 3. The largest absolute Gasteiger partial charge is 0.483 e. The summed E-state index contributed by atoms with van der Waals surface area (Å²) < 4.78 is 41.3. The Morgan fingerprint density at radius 2 is 1.87 bits per heavy atom. The van der Waals surface area contributed by atoms with E-state index in [0.717, 1.165) is 12.1 Å². The summed E-state index contributed by atoms with van der Waals surface area (Å²) in [5.74, 6) is 0. The molecule has 0 unspecified atom stereocenters. The second kappa shape index (κ2) is 4.82. The lowest BCUT2D eigenvalue weighted by Gasteiger charge is -2.05. The molecule has 15 heavy (non-hydrogen) atoms. The topological polar surface area (TPSA) is 21.6 Å². The molecule has 0 spiro atoms. The lowest BCUT2D eigenvalue weighted by molar-refractivity contribution is -0.137. The Bertz CT molecular complexity index is 330. The summed E-state index contributed by atoms with van der Waals surface area (Å²) in [6.45, 7) is 2.27. The number of alkyl halides is 3. The van der Waals surface area contributed by atoms with Gasteiger partial charge in [0.1, 0.15) is 0 Å². The van der Waals surface area contributed by atoms with Gasteiger partial charge in [0.2, 0.25) is 0 Å². The van der Waals surface area contributed by atoms with Crippen molar-refractivity contribution in [3.63, 3.8) is 0 Å². The molecule has 0 amide bonds. The van der Waals surface area contributed by atoms with E-state index in [-0.39, 0.29) is 0 Å². The third-order valence-electron chi connectivity index (χ3n) is 1.64. The van der Waals surface area contributed by atoms with Crippen molar-refractivity contribution in [3.8, 4) is 0 Å². The van der Waals surface area contributed by atoms with Crippen molar-refractivity contribution in [1.82, 2.24) is 0 Å². The summed E-state index contributed by atoms with van der Waals surface area (Å²) in [4.78, 5) is 3.80. The van der Waals surface area contributed by atoms with Crippen LogP contribution < -0.4 is 0 Å². The summed E-state index contributed by atoms with van der Waals surface area (Å²) in [5, 5.41) is 0. The van der Waals surface area contributed by atoms with Crippen LogP contribution in [0.5, 0.6) is 0 Å². The van der Waals surface area contributed by atoms with Gasteiger partial charge in [0, 0.05) is 0 Å². The van der Waals surface area contributed by atoms with Crippen LogP contribution in [0.25, 0.3) is 0 Å². The van der Waals surface area contributed by atoms with Gasteiger partial charge in [-0.2, -0.15) is 13.2 Å². The zero-order chi connectivity index (χ0) is 11.3. The molecule has 5 heteroatoms. The first-order valence-electron chi connectivity index (χ1n) is 4.35. The monoisotopic (exact) mass is 217 g/mol. The molecule has 0 aromatic heterocycles. The minimum absolute atomic E-state index is 0.427. The van der Waals surface area contributed by atoms with Crippen molar-refractivity contribution in [3.05, 3.63) is 29.8 Å². The standard InChI is InChI=1S/C10H10F3NO/c1-2-15-7-14-9-5-3-8(4-6-9)10(11,12)13/h3-7H,2H2,1H3. The van der Waals surface area contributed by atoms with E-state index in [1.807, 2.05) is 0 Å². The molecule has 0 saturated heterocycles. The highest BCUT2D eigenvalue weighted by molar-refractivity contribution is 5.55. The van der Waals surface area contributed by atoms with Crippen molar-refractivity contribution < 1.29 is 17.9 Å². The van der Waals surface area contributed by atoms with Crippen molar-refractivity contribution in [2.24, 2.45) is 4.99 Å². The molecule has 0 fully saturated rings. The molecule has 0 bridgehead atoms. The van der Waals surface area contributed by atoms with Gasteiger partial charge in [0.25, 0.3) is 0 Å². The summed E-state index contributed by atoms with van der Waals surface area (Å²) in [7, 11) is 0. The van der Waals surface area contributed by atoms with E-state index >= 15 is 0 Å². The van der Waals surface area contributed by atoms with Crippen LogP contribution in [0.3, 0.4) is 0 Å². The van der Waals surface area contributed by atoms with Crippen LogP contribution in [0.1, 0.15) is 12.5 Å². The minimum atomic E-state index is -4.30. The molecule has 0 aliphatic heterocycles. The SMILES string of the molecule is CCOC=Nc1ccc(C(F)(F)F)cc1. The Kier molecular flexibility index (Phi) is 3.71. The van der Waals surface area contributed by atoms with Crippen LogP contribution in [0.4, 0.5) is 18.9 Å². The molecule has 0 saturated carbocycles. The third kappa shape index (κ3) is 3.61. The molecule has 1 aromatic carbocycles. The quantitative estimate of drug-likeness (QED) is 0.561. The fourth-order valence-corrected chi connectivity index (χ4v) is 0.909. The average molecular weight is 217 g/mol. The van der Waals surface area contributed by atoms with Gasteiger partial charge in [-0.1, -0.05) is 0 Å². The number of hydrogen-bond donors (Lipinski definition) is 0. The van der Waals surface area contributed by atoms with Gasteiger partial charge in [0.15, 0.2) is 6.40 Å². The van der Waals surface area contributed by atoms with Crippen molar-refractivity contribution in [2.75, 3.05) is 6.61 Å². The highest BCUT2D eigenvalue weighted by Gasteiger charge is 2.29. The lowest BCUT2D eigenvalue weighted by Crippen LogP contribution is -2.03.